The molecular formula is C80H75N4OPt-3. The molecule has 0 saturated heterocycles. The maximum Gasteiger partial charge on any atom is 0.135 e. The molecule has 0 unspecified atom stereocenters. The van der Waals surface area contributed by atoms with E-state index in [1.807, 2.05) is 115 Å². The molecule has 1 aliphatic heterocycles. The second kappa shape index (κ2) is 23.7. The van der Waals surface area contributed by atoms with Gasteiger partial charge in [-0.15, -0.1) is 53.6 Å². The summed E-state index contributed by atoms with van der Waals surface area (Å²) in [6.45, 7) is 15.7. The van der Waals surface area contributed by atoms with E-state index in [2.05, 4.69) is 113 Å². The summed E-state index contributed by atoms with van der Waals surface area (Å²) in [5.41, 5.74) is 15.4. The molecule has 2 saturated carbocycles. The molecular weight excluding hydrogens is 1230 g/mol. The van der Waals surface area contributed by atoms with Crippen molar-refractivity contribution in [1.82, 2.24) is 9.55 Å². The largest absolute Gasteiger partial charge is 0.509 e. The number of para-hydroxylation sites is 3. The Morgan fingerprint density at radius 1 is 0.523 bits per heavy atom. The van der Waals surface area contributed by atoms with Gasteiger partial charge < -0.3 is 19.1 Å². The SMILES string of the molecule is [2H]c1c(-c2ccccc2)c([2H])c(-c2ccccc2)c(-c2cc(Oc3[c-]c4c(cc3)c3c([2H])c([2H])c([2H])c([2H])c3n4-c3cc(C(C)(C)C)ccn3)[c-]c(N3[CH-]N(c4c(C5CCCCC5)cc(C(C)(C)C)cc4C4CCCCC4)c4ccccc43)c2)c1-c1ccccc1.[Pt]. The van der Waals surface area contributed by atoms with Gasteiger partial charge in [0, 0.05) is 61.3 Å². The number of anilines is 4. The summed E-state index contributed by atoms with van der Waals surface area (Å²) >= 11 is 0. The number of fused-ring (bicyclic) bond motifs is 4. The van der Waals surface area contributed by atoms with Crippen LogP contribution >= 0.6 is 0 Å². The van der Waals surface area contributed by atoms with E-state index in [1.54, 1.807) is 16.8 Å². The van der Waals surface area contributed by atoms with E-state index in [0.717, 1.165) is 59.3 Å². The Labute approximate surface area is 532 Å². The minimum atomic E-state index is -0.339. The van der Waals surface area contributed by atoms with E-state index < -0.39 is 0 Å². The Balaban J connectivity index is 0.00000773. The molecule has 434 valence electrons. The van der Waals surface area contributed by atoms with Crippen LogP contribution < -0.4 is 14.5 Å². The maximum absolute atomic E-state index is 10.4. The molecule has 5 nitrogen and oxygen atoms in total. The van der Waals surface area contributed by atoms with E-state index in [0.29, 0.717) is 84.5 Å². The molecule has 6 heteroatoms. The number of rotatable bonds is 11. The summed E-state index contributed by atoms with van der Waals surface area (Å²) in [7, 11) is 0. The fraction of sp³-hybridized carbons (Fsp3) is 0.250. The van der Waals surface area contributed by atoms with Crippen LogP contribution in [0.4, 0.5) is 22.7 Å². The van der Waals surface area contributed by atoms with Gasteiger partial charge in [-0.05, 0) is 157 Å². The van der Waals surface area contributed by atoms with Gasteiger partial charge in [-0.2, -0.15) is 6.07 Å². The van der Waals surface area contributed by atoms with E-state index in [9.17, 15) is 5.48 Å². The Bertz CT molecular complexity index is 4500. The monoisotopic (exact) mass is 1310 g/mol. The third-order valence-corrected chi connectivity index (χ3v) is 17.9. The summed E-state index contributed by atoms with van der Waals surface area (Å²) in [5, 5.41) is 0.930. The number of nitrogens with zero attached hydrogens (tertiary/aromatic N) is 4. The Morgan fingerprint density at radius 3 is 1.67 bits per heavy atom. The van der Waals surface area contributed by atoms with Crippen molar-refractivity contribution in [2.45, 2.75) is 128 Å². The van der Waals surface area contributed by atoms with Gasteiger partial charge in [0.25, 0.3) is 0 Å². The normalized spacial score (nSPS) is 16.0. The average molecular weight is 1310 g/mol. The third kappa shape index (κ3) is 11.0. The second-order valence-corrected chi connectivity index (χ2v) is 25.6. The van der Waals surface area contributed by atoms with Gasteiger partial charge in [-0.3, -0.25) is 0 Å². The summed E-state index contributed by atoms with van der Waals surface area (Å²) < 4.78 is 66.3. The Morgan fingerprint density at radius 2 is 1.08 bits per heavy atom. The molecule has 2 fully saturated rings. The van der Waals surface area contributed by atoms with Crippen molar-refractivity contribution in [2.24, 2.45) is 0 Å². The van der Waals surface area contributed by atoms with Gasteiger partial charge in [-0.1, -0.05) is 219 Å². The summed E-state index contributed by atoms with van der Waals surface area (Å²) in [6, 6.07) is 62.4. The van der Waals surface area contributed by atoms with Crippen molar-refractivity contribution in [1.29, 1.82) is 0 Å². The molecule has 3 heterocycles. The van der Waals surface area contributed by atoms with Gasteiger partial charge >= 0.3 is 0 Å². The average Bonchev–Trinajstić information content (AvgIpc) is 1.39. The first-order valence-corrected chi connectivity index (χ1v) is 30.7. The molecule has 86 heavy (non-hydrogen) atoms. The van der Waals surface area contributed by atoms with Crippen molar-refractivity contribution in [3.05, 3.63) is 247 Å². The quantitative estimate of drug-likeness (QED) is 0.121. The second-order valence-electron chi connectivity index (χ2n) is 25.6. The smallest absolute Gasteiger partial charge is 0.135 e. The molecule has 0 amide bonds. The number of hydrogen-bond acceptors (Lipinski definition) is 4. The van der Waals surface area contributed by atoms with Crippen molar-refractivity contribution in [2.75, 3.05) is 9.80 Å². The van der Waals surface area contributed by atoms with Crippen molar-refractivity contribution in [3.63, 3.8) is 0 Å². The predicted molar refractivity (Wildman–Crippen MR) is 355 cm³/mol. The first-order valence-electron chi connectivity index (χ1n) is 33.7. The first kappa shape index (κ1) is 50.2. The predicted octanol–water partition coefficient (Wildman–Crippen LogP) is 22.3. The standard InChI is InChI=1S/C80H75N4O.Pt/c1-79(2,3)61-42-43-81-76(50-61)84-72-37-23-22-36-66(72)67-41-40-64(52-75(67)84)85-65-45-60(77-68(55-28-14-8-15-29-55)46-59(54-26-12-7-13-27-54)47-69(77)56-30-16-9-17-31-56)44-63(51-65)82-53-83(74-39-25-24-38-73(74)82)78-70(57-32-18-10-19-33-57)48-62(80(4,5)6)49-71(78)58-34-20-11-21-35-58;/h7-9,12-17,22-31,36-50,53,57-58H,10-11,18-21,32-35H2,1-6H3;/q-3;/i22D,23D,36D,37D,46D,47D;. The third-order valence-electron chi connectivity index (χ3n) is 17.9. The number of hydrogen-bond donors (Lipinski definition) is 0. The van der Waals surface area contributed by atoms with Gasteiger partial charge in [0.1, 0.15) is 5.82 Å². The van der Waals surface area contributed by atoms with Gasteiger partial charge in [0.15, 0.2) is 0 Å². The van der Waals surface area contributed by atoms with E-state index in [-0.39, 0.29) is 68.1 Å². The van der Waals surface area contributed by atoms with Crippen LogP contribution in [0.15, 0.2) is 206 Å². The van der Waals surface area contributed by atoms with Crippen LogP contribution in [0.1, 0.15) is 148 Å². The van der Waals surface area contributed by atoms with Crippen LogP contribution in [0.3, 0.4) is 0 Å². The maximum atomic E-state index is 10.4. The number of aromatic nitrogens is 2. The minimum absolute atomic E-state index is 0. The topological polar surface area (TPSA) is 33.5 Å². The molecule has 0 radical (unpaired) electrons. The summed E-state index contributed by atoms with van der Waals surface area (Å²) in [4.78, 5) is 9.59. The fourth-order valence-electron chi connectivity index (χ4n) is 13.4. The van der Waals surface area contributed by atoms with Crippen LogP contribution in [-0.2, 0) is 31.9 Å². The van der Waals surface area contributed by atoms with Crippen LogP contribution in [0.25, 0.3) is 72.1 Å². The molecule has 11 aromatic rings. The number of pyridine rings is 1. The molecule has 9 aromatic carbocycles. The van der Waals surface area contributed by atoms with Gasteiger partial charge in [-0.25, -0.2) is 4.98 Å². The van der Waals surface area contributed by atoms with Crippen LogP contribution in [0.5, 0.6) is 11.5 Å². The zero-order valence-corrected chi connectivity index (χ0v) is 52.3. The molecule has 0 N–H and O–H groups in total. The Hall–Kier alpha value is -7.98. The zero-order valence-electron chi connectivity index (χ0n) is 56.0. The van der Waals surface area contributed by atoms with Crippen molar-refractivity contribution < 1.29 is 34.0 Å². The summed E-state index contributed by atoms with van der Waals surface area (Å²) in [6.07, 6.45) is 13.7. The number of benzene rings is 9. The van der Waals surface area contributed by atoms with E-state index >= 15 is 0 Å². The molecule has 0 atom stereocenters. The first-order chi connectivity index (χ1) is 43.9. The van der Waals surface area contributed by atoms with Crippen LogP contribution in [-0.4, -0.2) is 9.55 Å². The minimum Gasteiger partial charge on any atom is -0.509 e. The van der Waals surface area contributed by atoms with Crippen molar-refractivity contribution >= 4 is 44.6 Å². The molecule has 2 aliphatic carbocycles. The molecule has 14 rings (SSSR count). The van der Waals surface area contributed by atoms with Crippen molar-refractivity contribution in [3.8, 4) is 61.8 Å². The van der Waals surface area contributed by atoms with Crippen LogP contribution in [0.2, 0.25) is 0 Å². The summed E-state index contributed by atoms with van der Waals surface area (Å²) in [5.74, 6) is 1.97. The fourth-order valence-corrected chi connectivity index (χ4v) is 13.4. The molecule has 2 aromatic heterocycles. The van der Waals surface area contributed by atoms with Crippen LogP contribution in [0, 0.1) is 18.8 Å². The van der Waals surface area contributed by atoms with E-state index in [1.165, 1.54) is 60.9 Å². The zero-order chi connectivity index (χ0) is 63.0. The Kier molecular flexibility index (Phi) is 13.8. The number of ether oxygens (including phenoxy) is 1. The van der Waals surface area contributed by atoms with E-state index in [4.69, 9.17) is 12.5 Å². The molecule has 0 spiro atoms. The molecule has 3 aliphatic rings. The van der Waals surface area contributed by atoms with Gasteiger partial charge in [0.05, 0.1) is 8.22 Å². The molecule has 0 bridgehead atoms. The van der Waals surface area contributed by atoms with Gasteiger partial charge in [0.2, 0.25) is 0 Å².